The minimum atomic E-state index is 1.01. The molecule has 0 aromatic heterocycles. The first kappa shape index (κ1) is 10.9. The second kappa shape index (κ2) is 4.01. The van der Waals surface area contributed by atoms with E-state index in [0.29, 0.717) is 0 Å². The van der Waals surface area contributed by atoms with Crippen LogP contribution in [0.3, 0.4) is 0 Å². The minimum Gasteiger partial charge on any atom is -0.143 e. The van der Waals surface area contributed by atoms with Crippen LogP contribution in [0.1, 0.15) is 0 Å². The summed E-state index contributed by atoms with van der Waals surface area (Å²) >= 11 is 4.48. The molecular weight excluding hydrogens is 248 g/mol. The summed E-state index contributed by atoms with van der Waals surface area (Å²) in [5, 5.41) is 7.81. The molecule has 90 valence electrons. The van der Waals surface area contributed by atoms with E-state index in [1.54, 1.807) is 0 Å². The average molecular weight is 260 g/mol. The van der Waals surface area contributed by atoms with Crippen molar-refractivity contribution in [2.45, 2.75) is 4.90 Å². The molecule has 0 bridgehead atoms. The summed E-state index contributed by atoms with van der Waals surface area (Å²) in [5.74, 6) is 0. The molecule has 0 radical (unpaired) electrons. The molecule has 0 aliphatic carbocycles. The lowest BCUT2D eigenvalue weighted by atomic mass is 9.94. The number of rotatable bonds is 0. The van der Waals surface area contributed by atoms with Gasteiger partial charge in [0, 0.05) is 4.90 Å². The summed E-state index contributed by atoms with van der Waals surface area (Å²) in [7, 11) is 0. The summed E-state index contributed by atoms with van der Waals surface area (Å²) in [6.07, 6.45) is 0. The van der Waals surface area contributed by atoms with Gasteiger partial charge >= 0.3 is 0 Å². The Labute approximate surface area is 117 Å². The van der Waals surface area contributed by atoms with Crippen LogP contribution in [0.25, 0.3) is 32.3 Å². The predicted molar refractivity (Wildman–Crippen MR) is 86.2 cm³/mol. The predicted octanol–water partition coefficient (Wildman–Crippen LogP) is 5.43. The van der Waals surface area contributed by atoms with Crippen LogP contribution in [-0.2, 0) is 0 Å². The monoisotopic (exact) mass is 260 g/mol. The maximum absolute atomic E-state index is 4.48. The van der Waals surface area contributed by atoms with E-state index in [1.165, 1.54) is 32.3 Å². The fourth-order valence-electron chi connectivity index (χ4n) is 2.90. The first-order chi connectivity index (χ1) is 9.34. The molecule has 0 amide bonds. The zero-order valence-electron chi connectivity index (χ0n) is 10.3. The highest BCUT2D eigenvalue weighted by molar-refractivity contribution is 7.80. The Kier molecular flexibility index (Phi) is 2.30. The van der Waals surface area contributed by atoms with Crippen molar-refractivity contribution < 1.29 is 0 Å². The molecule has 4 rings (SSSR count). The number of benzene rings is 4. The lowest BCUT2D eigenvalue weighted by Gasteiger charge is -2.10. The first-order valence-electron chi connectivity index (χ1n) is 6.37. The Bertz CT molecular complexity index is 887. The van der Waals surface area contributed by atoms with Crippen molar-refractivity contribution in [1.82, 2.24) is 0 Å². The van der Waals surface area contributed by atoms with E-state index in [0.717, 1.165) is 4.90 Å². The molecule has 0 aliphatic heterocycles. The van der Waals surface area contributed by atoms with Crippen molar-refractivity contribution in [1.29, 1.82) is 0 Å². The van der Waals surface area contributed by atoms with E-state index in [9.17, 15) is 0 Å². The lowest BCUT2D eigenvalue weighted by molar-refractivity contribution is 1.54. The van der Waals surface area contributed by atoms with Crippen molar-refractivity contribution >= 4 is 44.9 Å². The van der Waals surface area contributed by atoms with E-state index in [4.69, 9.17) is 0 Å². The second-order valence-electron chi connectivity index (χ2n) is 4.82. The third-order valence-electron chi connectivity index (χ3n) is 3.73. The van der Waals surface area contributed by atoms with E-state index in [2.05, 4.69) is 79.4 Å². The van der Waals surface area contributed by atoms with E-state index in [1.807, 2.05) is 0 Å². The van der Waals surface area contributed by atoms with Crippen LogP contribution in [0.4, 0.5) is 0 Å². The van der Waals surface area contributed by atoms with Gasteiger partial charge in [0.2, 0.25) is 0 Å². The summed E-state index contributed by atoms with van der Waals surface area (Å²) in [4.78, 5) is 1.01. The van der Waals surface area contributed by atoms with Crippen LogP contribution in [0.2, 0.25) is 0 Å². The van der Waals surface area contributed by atoms with Crippen LogP contribution in [0.15, 0.2) is 71.6 Å². The van der Waals surface area contributed by atoms with Crippen LogP contribution in [0, 0.1) is 0 Å². The van der Waals surface area contributed by atoms with Crippen LogP contribution in [0.5, 0.6) is 0 Å². The van der Waals surface area contributed by atoms with Crippen molar-refractivity contribution in [3.63, 3.8) is 0 Å². The summed E-state index contributed by atoms with van der Waals surface area (Å²) < 4.78 is 0. The molecule has 0 N–H and O–H groups in total. The van der Waals surface area contributed by atoms with E-state index in [-0.39, 0.29) is 0 Å². The molecular formula is C18H12S. The highest BCUT2D eigenvalue weighted by Crippen LogP contribution is 2.35. The Hall–Kier alpha value is -1.99. The standard InChI is InChI=1S/C18H12S/c19-12-9-10-17-15-7-2-1-5-13(15)14-6-3-4-8-16(14)18(17)11-12/h1-11,19H. The largest absolute Gasteiger partial charge is 0.143 e. The van der Waals surface area contributed by atoms with Crippen molar-refractivity contribution in [3.8, 4) is 0 Å². The normalized spacial score (nSPS) is 11.4. The molecule has 0 spiro atoms. The van der Waals surface area contributed by atoms with Gasteiger partial charge in [-0.15, -0.1) is 12.6 Å². The van der Waals surface area contributed by atoms with Gasteiger partial charge in [0.05, 0.1) is 0 Å². The zero-order valence-corrected chi connectivity index (χ0v) is 11.2. The van der Waals surface area contributed by atoms with E-state index >= 15 is 0 Å². The zero-order chi connectivity index (χ0) is 12.8. The Morgan fingerprint density at radius 3 is 1.42 bits per heavy atom. The van der Waals surface area contributed by atoms with Crippen molar-refractivity contribution in [2.24, 2.45) is 0 Å². The van der Waals surface area contributed by atoms with Gasteiger partial charge in [0.1, 0.15) is 0 Å². The minimum absolute atomic E-state index is 1.01. The first-order valence-corrected chi connectivity index (χ1v) is 6.81. The molecule has 19 heavy (non-hydrogen) atoms. The topological polar surface area (TPSA) is 0 Å². The molecule has 0 nitrogen and oxygen atoms in total. The SMILES string of the molecule is Sc1ccc2c3ccccc3c3ccccc3c2c1. The van der Waals surface area contributed by atoms with Gasteiger partial charge in [-0.2, -0.15) is 0 Å². The third kappa shape index (κ3) is 1.55. The summed E-state index contributed by atoms with van der Waals surface area (Å²) in [6, 6.07) is 23.6. The highest BCUT2D eigenvalue weighted by atomic mass is 32.1. The molecule has 0 unspecified atom stereocenters. The molecule has 4 aromatic carbocycles. The van der Waals surface area contributed by atoms with Crippen molar-refractivity contribution in [3.05, 3.63) is 66.7 Å². The fourth-order valence-corrected chi connectivity index (χ4v) is 3.10. The number of hydrogen-bond donors (Lipinski definition) is 1. The van der Waals surface area contributed by atoms with Crippen LogP contribution >= 0.6 is 12.6 Å². The molecule has 1 heteroatoms. The van der Waals surface area contributed by atoms with Gasteiger partial charge in [-0.05, 0) is 44.5 Å². The van der Waals surface area contributed by atoms with Crippen LogP contribution < -0.4 is 0 Å². The molecule has 0 saturated carbocycles. The second-order valence-corrected chi connectivity index (χ2v) is 5.34. The van der Waals surface area contributed by atoms with Gasteiger partial charge in [-0.25, -0.2) is 0 Å². The highest BCUT2D eigenvalue weighted by Gasteiger charge is 2.07. The molecule has 0 fully saturated rings. The van der Waals surface area contributed by atoms with Crippen molar-refractivity contribution in [2.75, 3.05) is 0 Å². The van der Waals surface area contributed by atoms with Gasteiger partial charge in [0.25, 0.3) is 0 Å². The average Bonchev–Trinajstić information content (AvgIpc) is 2.47. The number of hydrogen-bond acceptors (Lipinski definition) is 1. The van der Waals surface area contributed by atoms with Gasteiger partial charge in [0.15, 0.2) is 0 Å². The van der Waals surface area contributed by atoms with Crippen LogP contribution in [-0.4, -0.2) is 0 Å². The smallest absolute Gasteiger partial charge is 0.00465 e. The number of thiol groups is 1. The Morgan fingerprint density at radius 2 is 0.895 bits per heavy atom. The maximum atomic E-state index is 4.48. The molecule has 0 aliphatic rings. The Morgan fingerprint density at radius 1 is 0.474 bits per heavy atom. The molecule has 4 aromatic rings. The van der Waals surface area contributed by atoms with Gasteiger partial charge in [-0.1, -0.05) is 54.6 Å². The van der Waals surface area contributed by atoms with E-state index < -0.39 is 0 Å². The molecule has 0 atom stereocenters. The number of fused-ring (bicyclic) bond motifs is 6. The molecule has 0 heterocycles. The lowest BCUT2D eigenvalue weighted by Crippen LogP contribution is -1.82. The summed E-state index contributed by atoms with van der Waals surface area (Å²) in [6.45, 7) is 0. The summed E-state index contributed by atoms with van der Waals surface area (Å²) in [5.41, 5.74) is 0. The quantitative estimate of drug-likeness (QED) is 0.316. The van der Waals surface area contributed by atoms with Gasteiger partial charge < -0.3 is 0 Å². The third-order valence-corrected chi connectivity index (χ3v) is 4.01. The molecule has 0 saturated heterocycles. The Balaban J connectivity index is 2.43. The maximum Gasteiger partial charge on any atom is 0.00465 e. The fraction of sp³-hybridized carbons (Fsp3) is 0. The van der Waals surface area contributed by atoms with Gasteiger partial charge in [-0.3, -0.25) is 0 Å².